The van der Waals surface area contributed by atoms with Gasteiger partial charge in [0.2, 0.25) is 0 Å². The second-order valence-electron chi connectivity index (χ2n) is 3.99. The van der Waals surface area contributed by atoms with Gasteiger partial charge in [-0.1, -0.05) is 6.92 Å². The second kappa shape index (κ2) is 6.01. The van der Waals surface area contributed by atoms with Crippen molar-refractivity contribution in [1.82, 2.24) is 19.9 Å². The van der Waals surface area contributed by atoms with Crippen LogP contribution in [-0.2, 0) is 13.0 Å². The van der Waals surface area contributed by atoms with Crippen LogP contribution in [0.1, 0.15) is 18.4 Å². The summed E-state index contributed by atoms with van der Waals surface area (Å²) in [5.41, 5.74) is 0.411. The fourth-order valence-corrected chi connectivity index (χ4v) is 1.82. The molecule has 2 aromatic rings. The highest BCUT2D eigenvalue weighted by molar-refractivity contribution is 9.10. The summed E-state index contributed by atoms with van der Waals surface area (Å²) < 4.78 is 14.9. The van der Waals surface area contributed by atoms with Crippen molar-refractivity contribution < 1.29 is 4.39 Å². The van der Waals surface area contributed by atoms with E-state index in [2.05, 4.69) is 35.9 Å². The monoisotopic (exact) mass is 325 g/mol. The minimum absolute atomic E-state index is 0.262. The Hall–Kier alpha value is -1.63. The maximum absolute atomic E-state index is 14.1. The molecule has 0 saturated heterocycles. The molecule has 0 radical (unpaired) electrons. The highest BCUT2D eigenvalue weighted by atomic mass is 79.9. The number of hydrogen-bond donors (Lipinski definition) is 0. The summed E-state index contributed by atoms with van der Waals surface area (Å²) >= 11 is 3.27. The summed E-state index contributed by atoms with van der Waals surface area (Å²) in [4.78, 5) is 17.9. The van der Waals surface area contributed by atoms with Crippen LogP contribution >= 0.6 is 15.9 Å². The van der Waals surface area contributed by atoms with Crippen LogP contribution in [0, 0.1) is 5.82 Å². The molecule has 0 aromatic carbocycles. The average Bonchev–Trinajstić information content (AvgIpc) is 2.41. The predicted octanol–water partition coefficient (Wildman–Crippen LogP) is 2.37. The minimum atomic E-state index is -0.385. The quantitative estimate of drug-likeness (QED) is 0.863. The molecule has 0 aliphatic rings. The minimum Gasteiger partial charge on any atom is -0.350 e. The van der Waals surface area contributed by atoms with Crippen LogP contribution < -0.4 is 4.90 Å². The Kier molecular flexibility index (Phi) is 4.36. The topological polar surface area (TPSA) is 54.8 Å². The van der Waals surface area contributed by atoms with Gasteiger partial charge in [-0.05, 0) is 22.4 Å². The molecule has 0 amide bonds. The lowest BCUT2D eigenvalue weighted by atomic mass is 10.3. The van der Waals surface area contributed by atoms with Crippen molar-refractivity contribution in [3.63, 3.8) is 0 Å². The normalized spacial score (nSPS) is 10.5. The molecule has 0 saturated carbocycles. The summed E-state index contributed by atoms with van der Waals surface area (Å²) in [7, 11) is 1.75. The van der Waals surface area contributed by atoms with Gasteiger partial charge >= 0.3 is 0 Å². The first kappa shape index (κ1) is 13.8. The predicted molar refractivity (Wildman–Crippen MR) is 73.2 cm³/mol. The summed E-state index contributed by atoms with van der Waals surface area (Å²) in [6, 6.07) is 0. The van der Waals surface area contributed by atoms with E-state index in [0.717, 1.165) is 4.47 Å². The molecule has 2 aromatic heterocycles. The van der Waals surface area contributed by atoms with E-state index in [-0.39, 0.29) is 11.6 Å². The van der Waals surface area contributed by atoms with Crippen LogP contribution in [0.4, 0.5) is 10.2 Å². The lowest BCUT2D eigenvalue weighted by molar-refractivity contribution is 0.586. The van der Waals surface area contributed by atoms with Crippen LogP contribution in [0.3, 0.4) is 0 Å². The van der Waals surface area contributed by atoms with Gasteiger partial charge in [0.1, 0.15) is 12.2 Å². The molecule has 19 heavy (non-hydrogen) atoms. The number of aromatic nitrogens is 4. The van der Waals surface area contributed by atoms with E-state index in [9.17, 15) is 4.39 Å². The van der Waals surface area contributed by atoms with E-state index >= 15 is 0 Å². The van der Waals surface area contributed by atoms with E-state index in [4.69, 9.17) is 0 Å². The molecule has 0 bridgehead atoms. The molecule has 2 heterocycles. The van der Waals surface area contributed by atoms with Crippen molar-refractivity contribution in [2.75, 3.05) is 11.9 Å². The summed E-state index contributed by atoms with van der Waals surface area (Å²) in [5.74, 6) is 0.477. The number of anilines is 1. The van der Waals surface area contributed by atoms with Gasteiger partial charge in [-0.15, -0.1) is 0 Å². The highest BCUT2D eigenvalue weighted by Gasteiger charge is 2.14. The Balaban J connectivity index is 2.20. The van der Waals surface area contributed by atoms with Crippen molar-refractivity contribution >= 4 is 21.7 Å². The summed E-state index contributed by atoms with van der Waals surface area (Å²) in [6.07, 6.45) is 5.22. The zero-order valence-electron chi connectivity index (χ0n) is 10.6. The maximum Gasteiger partial charge on any atom is 0.187 e. The molecular weight excluding hydrogens is 313 g/mol. The summed E-state index contributed by atoms with van der Waals surface area (Å²) in [5, 5.41) is 0. The van der Waals surface area contributed by atoms with Gasteiger partial charge in [-0.2, -0.15) is 0 Å². The van der Waals surface area contributed by atoms with Crippen LogP contribution in [0.25, 0.3) is 0 Å². The molecule has 100 valence electrons. The molecular formula is C12H13BrFN5. The average molecular weight is 326 g/mol. The molecule has 0 spiro atoms. The molecule has 0 unspecified atom stereocenters. The molecule has 0 aliphatic heterocycles. The largest absolute Gasteiger partial charge is 0.350 e. The van der Waals surface area contributed by atoms with Gasteiger partial charge in [-0.3, -0.25) is 0 Å². The van der Waals surface area contributed by atoms with Gasteiger partial charge in [0, 0.05) is 19.4 Å². The molecule has 2 rings (SSSR count). The first-order valence-electron chi connectivity index (χ1n) is 5.78. The molecule has 0 atom stereocenters. The van der Waals surface area contributed by atoms with E-state index < -0.39 is 0 Å². The van der Waals surface area contributed by atoms with Crippen molar-refractivity contribution in [3.8, 4) is 0 Å². The zero-order chi connectivity index (χ0) is 13.8. The van der Waals surface area contributed by atoms with Crippen LogP contribution in [0.2, 0.25) is 0 Å². The van der Waals surface area contributed by atoms with Gasteiger partial charge in [0.15, 0.2) is 11.6 Å². The Bertz CT molecular complexity index is 561. The molecule has 0 N–H and O–H groups in total. The molecule has 0 fully saturated rings. The van der Waals surface area contributed by atoms with Crippen molar-refractivity contribution in [1.29, 1.82) is 0 Å². The lowest BCUT2D eigenvalue weighted by Gasteiger charge is -2.18. The van der Waals surface area contributed by atoms with Gasteiger partial charge in [0.05, 0.1) is 16.7 Å². The Morgan fingerprint density at radius 1 is 1.21 bits per heavy atom. The molecule has 7 heteroatoms. The first-order valence-corrected chi connectivity index (χ1v) is 6.58. The number of halogens is 2. The third-order valence-corrected chi connectivity index (χ3v) is 3.00. The van der Waals surface area contributed by atoms with Crippen LogP contribution in [0.5, 0.6) is 0 Å². The van der Waals surface area contributed by atoms with Crippen molar-refractivity contribution in [2.24, 2.45) is 0 Å². The van der Waals surface area contributed by atoms with E-state index in [1.165, 1.54) is 6.33 Å². The third kappa shape index (κ3) is 3.23. The SMILES string of the molecule is CCc1ncnc(N(C)Cc2ncc(Br)cn2)c1F. The second-order valence-corrected chi connectivity index (χ2v) is 4.90. The van der Waals surface area contributed by atoms with Crippen LogP contribution in [0.15, 0.2) is 23.2 Å². The standard InChI is InChI=1S/C12H13BrFN5/c1-3-9-11(14)12(18-7-17-9)19(2)6-10-15-4-8(13)5-16-10/h4-5,7H,3,6H2,1-2H3. The first-order chi connectivity index (χ1) is 9.11. The van der Waals surface area contributed by atoms with Crippen molar-refractivity contribution in [2.45, 2.75) is 19.9 Å². The third-order valence-electron chi connectivity index (χ3n) is 2.59. The highest BCUT2D eigenvalue weighted by Crippen LogP contribution is 2.18. The number of hydrogen-bond acceptors (Lipinski definition) is 5. The van der Waals surface area contributed by atoms with Gasteiger partial charge < -0.3 is 4.90 Å². The molecule has 0 aliphatic carbocycles. The number of nitrogens with zero attached hydrogens (tertiary/aromatic N) is 5. The zero-order valence-corrected chi connectivity index (χ0v) is 12.2. The maximum atomic E-state index is 14.1. The van der Waals surface area contributed by atoms with Gasteiger partial charge in [0.25, 0.3) is 0 Å². The Morgan fingerprint density at radius 3 is 2.53 bits per heavy atom. The van der Waals surface area contributed by atoms with Gasteiger partial charge in [-0.25, -0.2) is 24.3 Å². The Morgan fingerprint density at radius 2 is 1.89 bits per heavy atom. The van der Waals surface area contributed by atoms with E-state index in [0.29, 0.717) is 24.5 Å². The van der Waals surface area contributed by atoms with Crippen LogP contribution in [-0.4, -0.2) is 27.0 Å². The molecule has 5 nitrogen and oxygen atoms in total. The fourth-order valence-electron chi connectivity index (χ4n) is 1.62. The smallest absolute Gasteiger partial charge is 0.187 e. The fraction of sp³-hybridized carbons (Fsp3) is 0.333. The Labute approximate surface area is 119 Å². The summed E-state index contributed by atoms with van der Waals surface area (Å²) in [6.45, 7) is 2.23. The lowest BCUT2D eigenvalue weighted by Crippen LogP contribution is -2.21. The number of rotatable bonds is 4. The van der Waals surface area contributed by atoms with E-state index in [1.54, 1.807) is 24.3 Å². The van der Waals surface area contributed by atoms with Crippen molar-refractivity contribution in [3.05, 3.63) is 40.5 Å². The van der Waals surface area contributed by atoms with E-state index in [1.807, 2.05) is 6.92 Å². The number of aryl methyl sites for hydroxylation is 1.